The van der Waals surface area contributed by atoms with E-state index in [1.807, 2.05) is 0 Å². The van der Waals surface area contributed by atoms with E-state index in [2.05, 4.69) is 192 Å². The SMILES string of the molecule is Cc1cc2c3c(n1)N(c1ccc(C(C)(C)C)cc1)c1ccc(C(C)(C)C)cc1B3c1oc3ccc(C(C)(C)C)cc3c1N2c1ccc2c(c1)C(C)(C)CC2(C)C. The molecule has 3 aliphatic rings. The van der Waals surface area contributed by atoms with Crippen LogP contribution in [0.25, 0.3) is 11.0 Å². The van der Waals surface area contributed by atoms with Crippen molar-refractivity contribution in [3.63, 3.8) is 0 Å². The molecule has 4 nitrogen and oxygen atoms in total. The molecule has 6 aromatic rings. The zero-order valence-corrected chi connectivity index (χ0v) is 36.1. The summed E-state index contributed by atoms with van der Waals surface area (Å²) in [5.74, 6) is 0.971. The molecule has 9 rings (SSSR count). The molecule has 0 amide bonds. The summed E-state index contributed by atoms with van der Waals surface area (Å²) in [4.78, 5) is 10.4. The van der Waals surface area contributed by atoms with E-state index in [0.717, 1.165) is 51.6 Å². The summed E-state index contributed by atoms with van der Waals surface area (Å²) in [6.45, 7) is 32.3. The Balaban J connectivity index is 1.39. The van der Waals surface area contributed by atoms with Gasteiger partial charge in [-0.3, -0.25) is 4.90 Å². The normalized spacial score (nSPS) is 16.9. The Morgan fingerprint density at radius 1 is 0.607 bits per heavy atom. The van der Waals surface area contributed by atoms with E-state index in [4.69, 9.17) is 9.40 Å². The van der Waals surface area contributed by atoms with Crippen LogP contribution in [0.15, 0.2) is 89.3 Å². The molecule has 0 unspecified atom stereocenters. The van der Waals surface area contributed by atoms with Crippen LogP contribution in [0.2, 0.25) is 0 Å². The molecule has 0 fully saturated rings. The zero-order valence-electron chi connectivity index (χ0n) is 36.1. The van der Waals surface area contributed by atoms with Gasteiger partial charge >= 0.3 is 0 Å². The molecular weight excluding hydrogens is 681 g/mol. The molecule has 4 heterocycles. The molecule has 56 heavy (non-hydrogen) atoms. The predicted molar refractivity (Wildman–Crippen MR) is 240 cm³/mol. The van der Waals surface area contributed by atoms with Crippen molar-refractivity contribution in [2.75, 3.05) is 9.80 Å². The van der Waals surface area contributed by atoms with Gasteiger partial charge in [0.2, 0.25) is 0 Å². The lowest BCUT2D eigenvalue weighted by molar-refractivity contribution is 0.403. The van der Waals surface area contributed by atoms with Crippen molar-refractivity contribution in [3.8, 4) is 0 Å². The fourth-order valence-corrected chi connectivity index (χ4v) is 10.2. The van der Waals surface area contributed by atoms with Gasteiger partial charge in [0.15, 0.2) is 0 Å². The first kappa shape index (κ1) is 36.8. The van der Waals surface area contributed by atoms with Gasteiger partial charge in [-0.05, 0) is 122 Å². The fraction of sp³-hybridized carbons (Fsp3) is 0.392. The van der Waals surface area contributed by atoms with Crippen molar-refractivity contribution in [1.29, 1.82) is 0 Å². The highest BCUT2D eigenvalue weighted by molar-refractivity contribution is 6.99. The Hall–Kier alpha value is -4.77. The minimum Gasteiger partial charge on any atom is -0.468 e. The highest BCUT2D eigenvalue weighted by Crippen LogP contribution is 2.53. The number of hydrogen-bond acceptors (Lipinski definition) is 4. The minimum absolute atomic E-state index is 0.0192. The number of anilines is 6. The molecule has 0 spiro atoms. The van der Waals surface area contributed by atoms with Crippen molar-refractivity contribution in [3.05, 3.63) is 118 Å². The van der Waals surface area contributed by atoms with Gasteiger partial charge in [0.1, 0.15) is 11.4 Å². The number of rotatable bonds is 2. The van der Waals surface area contributed by atoms with Gasteiger partial charge < -0.3 is 9.32 Å². The first-order chi connectivity index (χ1) is 26.0. The van der Waals surface area contributed by atoms with Gasteiger partial charge in [-0.15, -0.1) is 0 Å². The first-order valence-electron chi connectivity index (χ1n) is 20.6. The number of pyridine rings is 1. The average Bonchev–Trinajstić information content (AvgIpc) is 3.56. The number of furan rings is 1. The Morgan fingerprint density at radius 2 is 1.20 bits per heavy atom. The molecule has 0 bridgehead atoms. The lowest BCUT2D eigenvalue weighted by atomic mass is 9.35. The van der Waals surface area contributed by atoms with Crippen molar-refractivity contribution in [1.82, 2.24) is 4.98 Å². The lowest BCUT2D eigenvalue weighted by Gasteiger charge is -2.42. The van der Waals surface area contributed by atoms with Gasteiger partial charge in [0.05, 0.1) is 11.3 Å². The van der Waals surface area contributed by atoms with Crippen LogP contribution in [0.3, 0.4) is 0 Å². The Kier molecular flexibility index (Phi) is 7.67. The number of hydrogen-bond donors (Lipinski definition) is 0. The summed E-state index contributed by atoms with van der Waals surface area (Å²) >= 11 is 0. The number of aromatic nitrogens is 1. The van der Waals surface area contributed by atoms with Crippen molar-refractivity contribution < 1.29 is 4.42 Å². The average molecular weight is 740 g/mol. The molecule has 2 aromatic heterocycles. The van der Waals surface area contributed by atoms with Crippen LogP contribution >= 0.6 is 0 Å². The van der Waals surface area contributed by atoms with Gasteiger partial charge in [0, 0.05) is 39.3 Å². The van der Waals surface area contributed by atoms with Gasteiger partial charge in [-0.1, -0.05) is 126 Å². The summed E-state index contributed by atoms with van der Waals surface area (Å²) in [5.41, 5.74) is 18.1. The van der Waals surface area contributed by atoms with Crippen LogP contribution < -0.4 is 26.4 Å². The van der Waals surface area contributed by atoms with E-state index in [0.29, 0.717) is 0 Å². The third kappa shape index (κ3) is 5.51. The molecular formula is C51H58BN3O. The van der Waals surface area contributed by atoms with Crippen molar-refractivity contribution in [2.24, 2.45) is 0 Å². The number of benzene rings is 4. The number of fused-ring (bicyclic) bond motifs is 7. The standard InChI is InChI=1S/C51H58BN3O/c1-30-25-41-43-46(53-30)55(34-19-15-31(16-20-34)47(2,3)4)40-23-17-33(49(8,9)10)27-39(40)52(43)45-44(36-26-32(48(5,6)7)18-24-42(36)56-45)54(41)35-21-22-37-38(28-35)51(13,14)29-50(37,11)12/h15-28H,29H2,1-14H3. The van der Waals surface area contributed by atoms with Crippen LogP contribution in [0.1, 0.15) is 130 Å². The topological polar surface area (TPSA) is 32.5 Å². The molecule has 0 radical (unpaired) electrons. The summed E-state index contributed by atoms with van der Waals surface area (Å²) in [7, 11) is 0. The first-order valence-corrected chi connectivity index (χ1v) is 20.6. The summed E-state index contributed by atoms with van der Waals surface area (Å²) in [5, 5.41) is 1.16. The van der Waals surface area contributed by atoms with Crippen LogP contribution in [0, 0.1) is 6.92 Å². The molecule has 5 heteroatoms. The van der Waals surface area contributed by atoms with Crippen molar-refractivity contribution >= 4 is 68.5 Å². The maximum absolute atomic E-state index is 7.24. The largest absolute Gasteiger partial charge is 0.468 e. The molecule has 2 aliphatic heterocycles. The summed E-state index contributed by atoms with van der Waals surface area (Å²) in [6.07, 6.45) is 1.12. The van der Waals surface area contributed by atoms with Gasteiger partial charge in [-0.25, -0.2) is 4.98 Å². The van der Waals surface area contributed by atoms with Crippen LogP contribution in [-0.4, -0.2) is 11.7 Å². The Bertz CT molecular complexity index is 2590. The second-order valence-electron chi connectivity index (χ2n) is 21.4. The number of nitrogens with zero attached hydrogens (tertiary/aromatic N) is 3. The third-order valence-electron chi connectivity index (χ3n) is 13.0. The van der Waals surface area contributed by atoms with E-state index in [9.17, 15) is 0 Å². The van der Waals surface area contributed by atoms with Crippen LogP contribution in [0.4, 0.5) is 34.3 Å². The van der Waals surface area contributed by atoms with E-state index < -0.39 is 0 Å². The smallest absolute Gasteiger partial charge is 0.299 e. The maximum atomic E-state index is 7.24. The van der Waals surface area contributed by atoms with Crippen LogP contribution in [-0.2, 0) is 27.1 Å². The van der Waals surface area contributed by atoms with E-state index in [1.54, 1.807) is 0 Å². The molecule has 286 valence electrons. The van der Waals surface area contributed by atoms with E-state index in [1.165, 1.54) is 50.1 Å². The molecule has 0 atom stereocenters. The maximum Gasteiger partial charge on any atom is 0.299 e. The van der Waals surface area contributed by atoms with E-state index in [-0.39, 0.29) is 33.8 Å². The van der Waals surface area contributed by atoms with Crippen LogP contribution in [0.5, 0.6) is 0 Å². The molecule has 0 saturated carbocycles. The van der Waals surface area contributed by atoms with E-state index >= 15 is 0 Å². The van der Waals surface area contributed by atoms with Crippen molar-refractivity contribution in [2.45, 2.75) is 130 Å². The summed E-state index contributed by atoms with van der Waals surface area (Å²) < 4.78 is 7.24. The predicted octanol–water partition coefficient (Wildman–Crippen LogP) is 12.1. The second-order valence-corrected chi connectivity index (χ2v) is 21.4. The lowest BCUT2D eigenvalue weighted by Crippen LogP contribution is -2.61. The molecule has 1 aliphatic carbocycles. The zero-order chi connectivity index (χ0) is 40.1. The second kappa shape index (κ2) is 11.7. The third-order valence-corrected chi connectivity index (χ3v) is 13.0. The van der Waals surface area contributed by atoms with Gasteiger partial charge in [-0.2, -0.15) is 0 Å². The molecule has 4 aromatic carbocycles. The number of aryl methyl sites for hydroxylation is 1. The molecule has 0 saturated heterocycles. The van der Waals surface area contributed by atoms with Gasteiger partial charge in [0.25, 0.3) is 6.71 Å². The quantitative estimate of drug-likeness (QED) is 0.165. The summed E-state index contributed by atoms with van der Waals surface area (Å²) in [6, 6.07) is 32.7. The molecule has 0 N–H and O–H groups in total. The minimum atomic E-state index is -0.142. The highest BCUT2D eigenvalue weighted by Gasteiger charge is 2.49. The Morgan fingerprint density at radius 3 is 1.86 bits per heavy atom. The fourth-order valence-electron chi connectivity index (χ4n) is 10.2. The highest BCUT2D eigenvalue weighted by atomic mass is 16.3. The monoisotopic (exact) mass is 739 g/mol. The Labute approximate surface area is 335 Å².